The van der Waals surface area contributed by atoms with Gasteiger partial charge in [0, 0.05) is 140 Å². The number of hydrogen-bond donors (Lipinski definition) is 0. The van der Waals surface area contributed by atoms with Gasteiger partial charge < -0.3 is 32.7 Å². The molecule has 32 rings (SSSR count). The minimum Gasteiger partial charge on any atom is -0.457 e. The second-order valence-corrected chi connectivity index (χ2v) is 45.2. The van der Waals surface area contributed by atoms with E-state index in [1.165, 1.54) is 221 Å². The molecule has 7 heterocycles. The normalized spacial score (nSPS) is 18.7. The average molecular weight is 1970 g/mol. The van der Waals surface area contributed by atoms with Crippen molar-refractivity contribution in [3.63, 3.8) is 0 Å². The Labute approximate surface area is 871 Å². The van der Waals surface area contributed by atoms with Gasteiger partial charge in [0.15, 0.2) is 16.7 Å². The topological polar surface area (TPSA) is 71.3 Å². The van der Waals surface area contributed by atoms with Gasteiger partial charge in [-0.05, 0) is 313 Å². The molecule has 19 aromatic carbocycles. The van der Waals surface area contributed by atoms with Crippen LogP contribution in [-0.2, 0) is 5.41 Å². The standard InChI is InChI=1S/C54H41NOS.C42H39NOS.C41H26N2O2S/c1-2-12-39-36(10-1)11-9-17-40(39)42-24-25-47(43-14-4-3-13-41(42)43)55(38-22-20-37(21-23-38)54-30-33-26-34(31-54)28-35(27-33)32-54)48-29-46-44-15-6-8-19-50(44)57-53(46)51-45-16-5-7-18-49(45)56-52(48)51;1-3-11-28(12-4-1)30-19-23-32(24-20-30)43(33-25-21-31(22-26-33)29-13-5-2-6-14-29)37-27-36-34-15-8-10-18-39(34)45-42(36)40-35-16-7-9-17-38(35)44-41(37)40;1-2-8-31(9-3-1)44-32-20-18-30(19-21-32)43(29-16-14-27(15-17-29)28-22-24-42-25-23-28)36-26-35-33-10-5-7-13-38(33)46-41(35)39-34-11-4-6-12-37(34)45-40(36)39/h1-25,29,33-35H,26-28,30-32H2;1-18,27,30-33H,19-26H2;1-26H. The Bertz CT molecular complexity index is 9440. The minimum atomic E-state index is 0.339. The van der Waals surface area contributed by atoms with E-state index in [1.54, 1.807) is 5.56 Å². The molecule has 148 heavy (non-hydrogen) atoms. The van der Waals surface area contributed by atoms with Crippen molar-refractivity contribution in [3.8, 4) is 33.8 Å². The van der Waals surface area contributed by atoms with Crippen molar-refractivity contribution in [1.29, 1.82) is 0 Å². The molecule has 716 valence electrons. The highest BCUT2D eigenvalue weighted by molar-refractivity contribution is 7.27. The van der Waals surface area contributed by atoms with E-state index >= 15 is 0 Å². The fraction of sp³-hybridized carbons (Fsp3) is 0.161. The molecular weight excluding hydrogens is 1860 g/mol. The number of ether oxygens (including phenoxy) is 1. The van der Waals surface area contributed by atoms with Gasteiger partial charge in [-0.25, -0.2) is 0 Å². The Balaban J connectivity index is 0.000000106. The quantitative estimate of drug-likeness (QED) is 0.0948. The third-order valence-corrected chi connectivity index (χ3v) is 37.2. The minimum absolute atomic E-state index is 0.339. The van der Waals surface area contributed by atoms with Crippen molar-refractivity contribution in [2.45, 2.75) is 119 Å². The number of nitrogens with zero attached hydrogens (tertiary/aromatic N) is 4. The van der Waals surface area contributed by atoms with Crippen molar-refractivity contribution in [3.05, 3.63) is 448 Å². The van der Waals surface area contributed by atoms with Gasteiger partial charge in [0.05, 0.1) is 22.7 Å². The summed E-state index contributed by atoms with van der Waals surface area (Å²) >= 11 is 5.62. The number of fused-ring (bicyclic) bond motifs is 23. The number of furan rings is 3. The third kappa shape index (κ3) is 15.5. The maximum absolute atomic E-state index is 7.02. The molecular formula is C137H106N4O4S3. The summed E-state index contributed by atoms with van der Waals surface area (Å²) in [5.41, 5.74) is 23.1. The zero-order valence-electron chi connectivity index (χ0n) is 82.1. The molecule has 0 unspecified atom stereocenters. The number of aromatic nitrogens is 1. The number of pyridine rings is 1. The van der Waals surface area contributed by atoms with Crippen LogP contribution >= 0.6 is 34.0 Å². The summed E-state index contributed by atoms with van der Waals surface area (Å²) in [6.45, 7) is 0. The summed E-state index contributed by atoms with van der Waals surface area (Å²) in [7, 11) is 0. The molecule has 8 nitrogen and oxygen atoms in total. The zero-order valence-corrected chi connectivity index (χ0v) is 84.5. The molecule has 0 amide bonds. The van der Waals surface area contributed by atoms with Crippen LogP contribution in [0.2, 0.25) is 0 Å². The van der Waals surface area contributed by atoms with Gasteiger partial charge in [0.2, 0.25) is 0 Å². The van der Waals surface area contributed by atoms with Crippen LogP contribution in [0.1, 0.15) is 118 Å². The summed E-state index contributed by atoms with van der Waals surface area (Å²) in [6, 6.07) is 153. The van der Waals surface area contributed by atoms with Gasteiger partial charge in [-0.2, -0.15) is 0 Å². The average Bonchev–Trinajstić information content (AvgIpc) is 1.40. The summed E-state index contributed by atoms with van der Waals surface area (Å²) in [5, 5.41) is 19.9. The number of benzene rings is 19. The first-order chi connectivity index (χ1) is 73.3. The van der Waals surface area contributed by atoms with Crippen LogP contribution in [0.15, 0.2) is 444 Å². The Hall–Kier alpha value is -15.9. The van der Waals surface area contributed by atoms with E-state index in [-0.39, 0.29) is 0 Å². The van der Waals surface area contributed by atoms with E-state index in [9.17, 15) is 0 Å². The molecule has 6 fully saturated rings. The molecule has 6 aliphatic rings. The van der Waals surface area contributed by atoms with E-state index in [1.807, 2.05) is 107 Å². The summed E-state index contributed by atoms with van der Waals surface area (Å²) in [6.07, 6.45) is 22.0. The van der Waals surface area contributed by atoms with Gasteiger partial charge in [-0.3, -0.25) is 4.98 Å². The fourth-order valence-electron chi connectivity index (χ4n) is 27.3. The predicted octanol–water partition coefficient (Wildman–Crippen LogP) is 40.4. The van der Waals surface area contributed by atoms with E-state index in [2.05, 4.69) is 378 Å². The fourth-order valence-corrected chi connectivity index (χ4v) is 31.0. The van der Waals surface area contributed by atoms with Crippen molar-refractivity contribution in [2.75, 3.05) is 14.7 Å². The SMILES string of the molecule is c1ccc(C2CCC(N(c3cc4c5ccccc5sc4c4c3oc3ccccc34)C3CCC(c4ccccc4)CC3)CC2)cc1.c1ccc(Oc2ccc(N(c3ccc(-c4ccncc4)cc3)c3cc4c5ccccc5sc4c4c3oc3ccccc34)cc2)cc1.c1ccc2c(-c3ccc(N(c4ccc(C56CC7CC(CC(C7)C5)C6)cc4)c4cc5c6ccccc6sc5c5c4oc4ccccc45)c4ccccc34)cccc2c1. The van der Waals surface area contributed by atoms with Gasteiger partial charge in [-0.15, -0.1) is 34.0 Å². The molecule has 0 radical (unpaired) electrons. The van der Waals surface area contributed by atoms with E-state index in [0.29, 0.717) is 29.3 Å². The Morgan fingerprint density at radius 3 is 1.15 bits per heavy atom. The highest BCUT2D eigenvalue weighted by Gasteiger charge is 2.52. The smallest absolute Gasteiger partial charge is 0.160 e. The van der Waals surface area contributed by atoms with Gasteiger partial charge >= 0.3 is 0 Å². The van der Waals surface area contributed by atoms with Crippen molar-refractivity contribution < 1.29 is 18.0 Å². The van der Waals surface area contributed by atoms with Crippen LogP contribution in [0.5, 0.6) is 11.5 Å². The molecule has 26 aromatic rings. The first-order valence-electron chi connectivity index (χ1n) is 53.0. The Morgan fingerprint density at radius 1 is 0.277 bits per heavy atom. The van der Waals surface area contributed by atoms with E-state index < -0.39 is 0 Å². The van der Waals surface area contributed by atoms with E-state index in [4.69, 9.17) is 18.0 Å². The van der Waals surface area contributed by atoms with Crippen LogP contribution in [-0.4, -0.2) is 17.1 Å². The van der Waals surface area contributed by atoms with Gasteiger partial charge in [0.25, 0.3) is 0 Å². The molecule has 7 aromatic heterocycles. The van der Waals surface area contributed by atoms with Crippen LogP contribution in [0.4, 0.5) is 39.8 Å². The Morgan fingerprint density at radius 2 is 0.649 bits per heavy atom. The second-order valence-electron chi connectivity index (χ2n) is 42.1. The number of hydrogen-bond acceptors (Lipinski definition) is 11. The summed E-state index contributed by atoms with van der Waals surface area (Å²) in [4.78, 5) is 11.9. The largest absolute Gasteiger partial charge is 0.457 e. The lowest BCUT2D eigenvalue weighted by molar-refractivity contribution is -0.00518. The van der Waals surface area contributed by atoms with Crippen molar-refractivity contribution in [2.24, 2.45) is 17.8 Å². The lowest BCUT2D eigenvalue weighted by atomic mass is 9.48. The highest BCUT2D eigenvalue weighted by atomic mass is 32.1. The van der Waals surface area contributed by atoms with E-state index in [0.717, 1.165) is 119 Å². The molecule has 0 atom stereocenters. The van der Waals surface area contributed by atoms with Crippen LogP contribution < -0.4 is 19.4 Å². The molecule has 0 saturated heterocycles. The molecule has 0 spiro atoms. The number of anilines is 7. The Kier molecular flexibility index (Phi) is 22.1. The predicted molar refractivity (Wildman–Crippen MR) is 625 cm³/mol. The first-order valence-corrected chi connectivity index (χ1v) is 55.4. The lowest BCUT2D eigenvalue weighted by Gasteiger charge is -2.57. The molecule has 6 aliphatic carbocycles. The van der Waals surface area contributed by atoms with Gasteiger partial charge in [0.1, 0.15) is 28.2 Å². The third-order valence-electron chi connectivity index (χ3n) is 33.6. The van der Waals surface area contributed by atoms with Crippen LogP contribution in [0.3, 0.4) is 0 Å². The molecule has 11 heteroatoms. The number of rotatable bonds is 16. The molecule has 4 bridgehead atoms. The van der Waals surface area contributed by atoms with Crippen molar-refractivity contribution >= 4 is 222 Å². The lowest BCUT2D eigenvalue weighted by Crippen LogP contribution is -2.48. The maximum Gasteiger partial charge on any atom is 0.160 e. The molecule has 6 saturated carbocycles. The molecule has 0 N–H and O–H groups in total. The summed E-state index contributed by atoms with van der Waals surface area (Å²) < 4.78 is 34.6. The number of thiophene rings is 3. The monoisotopic (exact) mass is 1970 g/mol. The van der Waals surface area contributed by atoms with Gasteiger partial charge in [-0.1, -0.05) is 285 Å². The second kappa shape index (κ2) is 36.9. The maximum atomic E-state index is 7.02. The number of para-hydroxylation sites is 4. The van der Waals surface area contributed by atoms with Crippen LogP contribution in [0.25, 0.3) is 170 Å². The summed E-state index contributed by atoms with van der Waals surface area (Å²) in [5.74, 6) is 5.63. The highest BCUT2D eigenvalue weighted by Crippen LogP contribution is 2.63. The van der Waals surface area contributed by atoms with Crippen LogP contribution in [0, 0.1) is 17.8 Å². The first kappa shape index (κ1) is 88.6. The zero-order chi connectivity index (χ0) is 97.4. The molecule has 0 aliphatic heterocycles. The van der Waals surface area contributed by atoms with Crippen molar-refractivity contribution in [1.82, 2.24) is 4.98 Å².